The van der Waals surface area contributed by atoms with E-state index < -0.39 is 0 Å². The average Bonchev–Trinajstić information content (AvgIpc) is 2.95. The summed E-state index contributed by atoms with van der Waals surface area (Å²) in [6, 6.07) is 8.37. The zero-order chi connectivity index (χ0) is 11.8. The number of aromatic nitrogens is 2. The fraction of sp³-hybridized carbons (Fsp3) is 0.154. The van der Waals surface area contributed by atoms with Gasteiger partial charge in [0.25, 0.3) is 0 Å². The van der Waals surface area contributed by atoms with Crippen LogP contribution in [-0.2, 0) is 13.6 Å². The highest BCUT2D eigenvalue weighted by Crippen LogP contribution is 2.31. The van der Waals surface area contributed by atoms with Gasteiger partial charge in [-0.25, -0.2) is 4.98 Å². The summed E-state index contributed by atoms with van der Waals surface area (Å²) in [7, 11) is 2.06. The van der Waals surface area contributed by atoms with Crippen LogP contribution in [0.25, 0.3) is 21.5 Å². The van der Waals surface area contributed by atoms with Crippen molar-refractivity contribution in [3.8, 4) is 10.6 Å². The highest BCUT2D eigenvalue weighted by Gasteiger charge is 2.11. The molecule has 0 aliphatic carbocycles. The largest absolute Gasteiger partial charge is 0.350 e. The zero-order valence-corrected chi connectivity index (χ0v) is 10.4. The van der Waals surface area contributed by atoms with E-state index in [9.17, 15) is 0 Å². The molecule has 0 amide bonds. The summed E-state index contributed by atoms with van der Waals surface area (Å²) in [4.78, 5) is 4.54. The van der Waals surface area contributed by atoms with E-state index >= 15 is 0 Å². The van der Waals surface area contributed by atoms with E-state index in [1.54, 1.807) is 11.3 Å². The average molecular weight is 243 g/mol. The molecule has 86 valence electrons. The van der Waals surface area contributed by atoms with Gasteiger partial charge < -0.3 is 10.3 Å². The molecule has 0 spiro atoms. The third-order valence-corrected chi connectivity index (χ3v) is 3.81. The minimum atomic E-state index is 0.501. The monoisotopic (exact) mass is 243 g/mol. The molecule has 3 aromatic rings. The second-order valence-corrected chi connectivity index (χ2v) is 4.88. The molecule has 0 aliphatic rings. The van der Waals surface area contributed by atoms with E-state index in [2.05, 4.69) is 47.1 Å². The Balaban J connectivity index is 2.23. The summed E-state index contributed by atoms with van der Waals surface area (Å²) in [5.41, 5.74) is 8.97. The SMILES string of the molecule is Cn1cc(-c2nc(CN)cs2)c2ccccc21. The summed E-state index contributed by atoms with van der Waals surface area (Å²) in [5.74, 6) is 0. The molecule has 4 heteroatoms. The lowest BCUT2D eigenvalue weighted by molar-refractivity contribution is 0.969. The van der Waals surface area contributed by atoms with Gasteiger partial charge in [0.2, 0.25) is 0 Å². The Bertz CT molecular complexity index is 666. The molecule has 0 radical (unpaired) electrons. The fourth-order valence-corrected chi connectivity index (χ4v) is 2.89. The Hall–Kier alpha value is -1.65. The number of hydrogen-bond acceptors (Lipinski definition) is 3. The number of rotatable bonds is 2. The Kier molecular flexibility index (Phi) is 2.46. The molecule has 0 saturated heterocycles. The van der Waals surface area contributed by atoms with E-state index in [1.807, 2.05) is 5.38 Å². The first-order valence-electron chi connectivity index (χ1n) is 5.48. The molecule has 17 heavy (non-hydrogen) atoms. The van der Waals surface area contributed by atoms with Crippen LogP contribution in [-0.4, -0.2) is 9.55 Å². The van der Waals surface area contributed by atoms with Gasteiger partial charge >= 0.3 is 0 Å². The standard InChI is InChI=1S/C13H13N3S/c1-16-7-11(10-4-2-3-5-12(10)16)13-15-9(6-14)8-17-13/h2-5,7-8H,6,14H2,1H3. The molecular weight excluding hydrogens is 230 g/mol. The maximum absolute atomic E-state index is 5.60. The van der Waals surface area contributed by atoms with Crippen molar-refractivity contribution in [2.24, 2.45) is 12.8 Å². The quantitative estimate of drug-likeness (QED) is 0.752. The van der Waals surface area contributed by atoms with Crippen LogP contribution in [0, 0.1) is 0 Å². The molecule has 2 aromatic heterocycles. The number of nitrogens with zero attached hydrogens (tertiary/aromatic N) is 2. The van der Waals surface area contributed by atoms with Gasteiger partial charge in [-0.15, -0.1) is 11.3 Å². The summed E-state index contributed by atoms with van der Waals surface area (Å²) in [6.45, 7) is 0.501. The van der Waals surface area contributed by atoms with Gasteiger partial charge in [0.1, 0.15) is 5.01 Å². The van der Waals surface area contributed by atoms with E-state index in [4.69, 9.17) is 5.73 Å². The summed E-state index contributed by atoms with van der Waals surface area (Å²) >= 11 is 1.65. The van der Waals surface area contributed by atoms with Gasteiger partial charge in [0, 0.05) is 41.6 Å². The Morgan fingerprint density at radius 3 is 2.94 bits per heavy atom. The van der Waals surface area contributed by atoms with Crippen LogP contribution in [0.4, 0.5) is 0 Å². The lowest BCUT2D eigenvalue weighted by Gasteiger charge is -1.93. The molecule has 3 nitrogen and oxygen atoms in total. The summed E-state index contributed by atoms with van der Waals surface area (Å²) in [5, 5.41) is 4.31. The first kappa shape index (κ1) is 10.5. The predicted octanol–water partition coefficient (Wildman–Crippen LogP) is 2.76. The Morgan fingerprint density at radius 2 is 2.18 bits per heavy atom. The van der Waals surface area contributed by atoms with Crippen LogP contribution < -0.4 is 5.73 Å². The highest BCUT2D eigenvalue weighted by molar-refractivity contribution is 7.13. The molecule has 0 bridgehead atoms. The Morgan fingerprint density at radius 1 is 1.35 bits per heavy atom. The second-order valence-electron chi connectivity index (χ2n) is 4.02. The molecule has 2 N–H and O–H groups in total. The highest BCUT2D eigenvalue weighted by atomic mass is 32.1. The summed E-state index contributed by atoms with van der Waals surface area (Å²) in [6.07, 6.45) is 2.13. The van der Waals surface area contributed by atoms with E-state index in [1.165, 1.54) is 16.5 Å². The third kappa shape index (κ3) is 1.66. The molecule has 0 aliphatic heterocycles. The smallest absolute Gasteiger partial charge is 0.125 e. The van der Waals surface area contributed by atoms with Gasteiger partial charge in [-0.2, -0.15) is 0 Å². The van der Waals surface area contributed by atoms with Gasteiger partial charge in [0.05, 0.1) is 5.69 Å². The third-order valence-electron chi connectivity index (χ3n) is 2.89. The second kappa shape index (κ2) is 3.98. The number of nitrogens with two attached hydrogens (primary N) is 1. The van der Waals surface area contributed by atoms with Crippen molar-refractivity contribution in [2.45, 2.75) is 6.54 Å². The number of thiazole rings is 1. The molecule has 1 aromatic carbocycles. The Labute approximate surface area is 104 Å². The maximum atomic E-state index is 5.60. The van der Waals surface area contributed by atoms with Crippen LogP contribution in [0.2, 0.25) is 0 Å². The van der Waals surface area contributed by atoms with Gasteiger partial charge in [0.15, 0.2) is 0 Å². The van der Waals surface area contributed by atoms with Crippen LogP contribution in [0.1, 0.15) is 5.69 Å². The lowest BCUT2D eigenvalue weighted by atomic mass is 10.2. The maximum Gasteiger partial charge on any atom is 0.125 e. The van der Waals surface area contributed by atoms with E-state index in [0.717, 1.165) is 10.7 Å². The van der Waals surface area contributed by atoms with E-state index in [-0.39, 0.29) is 0 Å². The lowest BCUT2D eigenvalue weighted by Crippen LogP contribution is -1.95. The van der Waals surface area contributed by atoms with Crippen molar-refractivity contribution in [1.29, 1.82) is 0 Å². The van der Waals surface area contributed by atoms with Gasteiger partial charge in [-0.1, -0.05) is 18.2 Å². The van der Waals surface area contributed by atoms with Gasteiger partial charge in [-0.05, 0) is 6.07 Å². The molecule has 2 heterocycles. The normalized spacial score (nSPS) is 11.2. The van der Waals surface area contributed by atoms with Crippen LogP contribution >= 0.6 is 11.3 Å². The van der Waals surface area contributed by atoms with E-state index in [0.29, 0.717) is 6.54 Å². The molecule has 0 unspecified atom stereocenters. The summed E-state index contributed by atoms with van der Waals surface area (Å²) < 4.78 is 2.13. The number of benzene rings is 1. The van der Waals surface area contributed by atoms with Crippen LogP contribution in [0.5, 0.6) is 0 Å². The fourth-order valence-electron chi connectivity index (χ4n) is 2.04. The van der Waals surface area contributed by atoms with Crippen molar-refractivity contribution in [3.63, 3.8) is 0 Å². The zero-order valence-electron chi connectivity index (χ0n) is 9.55. The molecule has 0 atom stereocenters. The van der Waals surface area contributed by atoms with Crippen LogP contribution in [0.3, 0.4) is 0 Å². The molecule has 0 fully saturated rings. The topological polar surface area (TPSA) is 43.8 Å². The first-order chi connectivity index (χ1) is 8.29. The van der Waals surface area contributed by atoms with Gasteiger partial charge in [-0.3, -0.25) is 0 Å². The minimum absolute atomic E-state index is 0.501. The predicted molar refractivity (Wildman–Crippen MR) is 71.9 cm³/mol. The van der Waals surface area contributed by atoms with Crippen molar-refractivity contribution >= 4 is 22.2 Å². The number of hydrogen-bond donors (Lipinski definition) is 1. The van der Waals surface area contributed by atoms with Crippen molar-refractivity contribution < 1.29 is 0 Å². The van der Waals surface area contributed by atoms with Crippen molar-refractivity contribution in [2.75, 3.05) is 0 Å². The number of para-hydroxylation sites is 1. The van der Waals surface area contributed by atoms with Crippen LogP contribution in [0.15, 0.2) is 35.8 Å². The minimum Gasteiger partial charge on any atom is -0.350 e. The van der Waals surface area contributed by atoms with Crippen molar-refractivity contribution in [1.82, 2.24) is 9.55 Å². The van der Waals surface area contributed by atoms with Crippen molar-refractivity contribution in [3.05, 3.63) is 41.5 Å². The number of fused-ring (bicyclic) bond motifs is 1. The molecule has 3 rings (SSSR count). The first-order valence-corrected chi connectivity index (χ1v) is 6.36. The number of aryl methyl sites for hydroxylation is 1. The molecule has 0 saturated carbocycles. The molecular formula is C13H13N3S.